The van der Waals surface area contributed by atoms with Crippen molar-refractivity contribution in [2.24, 2.45) is 41.2 Å². The molecule has 3 rings (SSSR count). The molecular weight excluding hydrogens is 1190 g/mol. The van der Waals surface area contributed by atoms with E-state index in [1.165, 1.54) is 57.6 Å². The highest BCUT2D eigenvalue weighted by molar-refractivity contribution is 7.90. The summed E-state index contributed by atoms with van der Waals surface area (Å²) in [5, 5.41) is 7.92. The van der Waals surface area contributed by atoms with Gasteiger partial charge in [-0.3, -0.25) is 53.0 Å². The van der Waals surface area contributed by atoms with Crippen LogP contribution < -0.4 is 26.4 Å². The maximum Gasteiger partial charge on any atom is 0.312 e. The van der Waals surface area contributed by atoms with E-state index in [0.717, 1.165) is 4.90 Å². The van der Waals surface area contributed by atoms with Crippen LogP contribution in [0, 0.1) is 35.5 Å². The highest BCUT2D eigenvalue weighted by Crippen LogP contribution is 2.31. The molecule has 9 amide bonds. The average Bonchev–Trinajstić information content (AvgIpc) is 1.72. The molecule has 10 atom stereocenters. The Labute approximate surface area is 532 Å². The summed E-state index contributed by atoms with van der Waals surface area (Å²) in [6.45, 7) is 18.4. The first kappa shape index (κ1) is 78.0. The summed E-state index contributed by atoms with van der Waals surface area (Å²) in [7, 11) is 3.82. The lowest BCUT2D eigenvalue weighted by molar-refractivity contribution is -0.149. The molecule has 1 aromatic rings. The fourth-order valence-electron chi connectivity index (χ4n) is 11.6. The van der Waals surface area contributed by atoms with Gasteiger partial charge in [0, 0.05) is 71.7 Å². The normalized spacial score (nSPS) is 17.4. The first-order valence-electron chi connectivity index (χ1n) is 31.3. The molecule has 1 fully saturated rings. The topological polar surface area (TPSA) is 338 Å². The van der Waals surface area contributed by atoms with Gasteiger partial charge in [-0.05, 0) is 81.1 Å². The number of hydrogen-bond donors (Lipinski definition) is 5. The summed E-state index contributed by atoms with van der Waals surface area (Å²) >= 11 is 0. The molecule has 6 N–H and O–H groups in total. The molecule has 1 aromatic carbocycles. The number of primary amides is 1. The molecule has 0 spiro atoms. The number of methoxy groups -OCH3 is 2. The molecule has 0 saturated carbocycles. The van der Waals surface area contributed by atoms with E-state index in [-0.39, 0.29) is 149 Å². The predicted octanol–water partition coefficient (Wildman–Crippen LogP) is 2.78. The highest BCUT2D eigenvalue weighted by Gasteiger charge is 2.44. The van der Waals surface area contributed by atoms with Gasteiger partial charge in [0.15, 0.2) is 11.6 Å². The molecule has 27 heteroatoms. The number of likely N-dealkylation sites (tertiary alicyclic amines) is 1. The van der Waals surface area contributed by atoms with Crippen molar-refractivity contribution in [3.8, 4) is 0 Å². The van der Waals surface area contributed by atoms with Crippen molar-refractivity contribution < 1.29 is 80.0 Å². The number of benzene rings is 1. The minimum Gasteiger partial charge on any atom is -0.379 e. The van der Waals surface area contributed by atoms with Gasteiger partial charge in [0.05, 0.1) is 99.8 Å². The Hall–Kier alpha value is -6.23. The Kier molecular flexibility index (Phi) is 33.4. The van der Waals surface area contributed by atoms with E-state index in [2.05, 4.69) is 20.7 Å². The number of carbonyl (C=O) groups excluding carboxylic acids is 10. The summed E-state index contributed by atoms with van der Waals surface area (Å²) < 4.78 is 58.1. The van der Waals surface area contributed by atoms with Crippen LogP contribution >= 0.6 is 0 Å². The molecule has 0 aliphatic carbocycles. The van der Waals surface area contributed by atoms with E-state index in [9.17, 15) is 56.4 Å². The van der Waals surface area contributed by atoms with Crippen LogP contribution in [0.1, 0.15) is 119 Å². The number of likely N-dealkylation sites (N-methyl/N-ethyl adjacent to an activating group) is 2. The van der Waals surface area contributed by atoms with Crippen LogP contribution in [0.25, 0.3) is 0 Å². The van der Waals surface area contributed by atoms with E-state index in [4.69, 9.17) is 29.4 Å². The number of ketones is 2. The number of carbonyl (C=O) groups is 10. The van der Waals surface area contributed by atoms with E-state index in [0.29, 0.717) is 31.4 Å². The van der Waals surface area contributed by atoms with Gasteiger partial charge in [0.2, 0.25) is 29.5 Å². The number of amides is 9. The molecule has 1 unspecified atom stereocenters. The number of sulfonamides is 1. The van der Waals surface area contributed by atoms with E-state index >= 15 is 0 Å². The third-order valence-electron chi connectivity index (χ3n) is 16.7. The molecule has 1 saturated heterocycles. The number of nitrogens with one attached hydrogen (secondary N) is 4. The van der Waals surface area contributed by atoms with Crippen molar-refractivity contribution in [3.05, 3.63) is 42.0 Å². The van der Waals surface area contributed by atoms with Crippen LogP contribution in [0.5, 0.6) is 0 Å². The number of imide groups is 1. The van der Waals surface area contributed by atoms with Crippen molar-refractivity contribution in [2.45, 2.75) is 167 Å². The van der Waals surface area contributed by atoms with Crippen molar-refractivity contribution in [2.75, 3.05) is 94.6 Å². The van der Waals surface area contributed by atoms with Gasteiger partial charge in [0.25, 0.3) is 21.8 Å². The number of nitrogens with zero attached hydrogens (tertiary/aromatic N) is 4. The predicted molar refractivity (Wildman–Crippen MR) is 335 cm³/mol. The minimum absolute atomic E-state index is 0.0147. The van der Waals surface area contributed by atoms with Crippen molar-refractivity contribution in [1.82, 2.24) is 40.3 Å². The SMILES string of the molecule is CC[C@H](C)[C@@H]([C@@H](CC(=O)N1CCCC1[C@H](OC)[C@@H](C)C(=O)NS(=O)(=O)c1ccc(CC(=O)[C@H](CCCNC(N)=O)NC(=O)[C@@H](NC(=O)CCOCCOCCOCCN2C(=O)C=CC2=O)C(C)C)cc1)OC)N(C)C(=O)[C@@H](CC(=O)[C@H](C(C)C)N(C)C)C(C)C. The van der Waals surface area contributed by atoms with Crippen LogP contribution in [0.15, 0.2) is 41.3 Å². The first-order chi connectivity index (χ1) is 42.4. The lowest BCUT2D eigenvalue weighted by Crippen LogP contribution is -2.54. The lowest BCUT2D eigenvalue weighted by Gasteiger charge is -2.41. The molecule has 0 bridgehead atoms. The van der Waals surface area contributed by atoms with Gasteiger partial charge in [0.1, 0.15) is 6.04 Å². The molecule has 2 aliphatic rings. The fourth-order valence-corrected chi connectivity index (χ4v) is 12.6. The number of nitrogens with two attached hydrogens (primary N) is 1. The minimum atomic E-state index is -4.49. The first-order valence-corrected chi connectivity index (χ1v) is 32.8. The smallest absolute Gasteiger partial charge is 0.312 e. The largest absolute Gasteiger partial charge is 0.379 e. The van der Waals surface area contributed by atoms with Gasteiger partial charge >= 0.3 is 6.03 Å². The zero-order valence-corrected chi connectivity index (χ0v) is 56.2. The third-order valence-corrected chi connectivity index (χ3v) is 18.0. The standard InChI is InChI=1S/C63H103N9O17S/c1-15-42(8)58(70(12)62(81)46(39(2)3)37-50(74)57(41(6)7)69(10)11)51(85-13)38-55(78)71-28-17-19-48(71)59(86-14)43(9)60(79)68-90(83,84)45-22-20-44(21-23-45)36-49(73)47(18-16-27-65-63(64)82)66-61(80)56(40(4)5)67-52(75)26-30-87-32-34-89-35-33-88-31-29-72-53(76)24-25-54(72)77/h20-25,39-43,46-48,51,56-59H,15-19,26-38H2,1-14H3,(H,66,80)(H,67,75)(H,68,79)(H3,64,65,82)/t42-,43+,46-,47-,48?,51+,56-,57-,58-,59+/m0/s1. The number of hydrogen-bond acceptors (Lipinski definition) is 18. The van der Waals surface area contributed by atoms with E-state index in [1.807, 2.05) is 60.5 Å². The highest BCUT2D eigenvalue weighted by atomic mass is 32.2. The Morgan fingerprint density at radius 3 is 1.88 bits per heavy atom. The van der Waals surface area contributed by atoms with Crippen LogP contribution in [0.4, 0.5) is 4.79 Å². The Morgan fingerprint density at radius 2 is 1.34 bits per heavy atom. The van der Waals surface area contributed by atoms with E-state index < -0.39 is 93.7 Å². The fraction of sp³-hybridized carbons (Fsp3) is 0.714. The third kappa shape index (κ3) is 24.1. The molecule has 90 heavy (non-hydrogen) atoms. The number of rotatable bonds is 43. The van der Waals surface area contributed by atoms with Crippen LogP contribution in [0.3, 0.4) is 0 Å². The van der Waals surface area contributed by atoms with Gasteiger partial charge in [-0.15, -0.1) is 0 Å². The average molecular weight is 1290 g/mol. The van der Waals surface area contributed by atoms with Crippen molar-refractivity contribution in [3.63, 3.8) is 0 Å². The van der Waals surface area contributed by atoms with Crippen molar-refractivity contribution in [1.29, 1.82) is 0 Å². The second kappa shape index (κ2) is 38.6. The molecular formula is C63H103N9O17S. The number of urea groups is 1. The number of ether oxygens (including phenoxy) is 5. The Bertz CT molecular complexity index is 2660. The summed E-state index contributed by atoms with van der Waals surface area (Å²) in [6, 6.07) is 0.854. The van der Waals surface area contributed by atoms with Gasteiger partial charge < -0.3 is 55.2 Å². The van der Waals surface area contributed by atoms with Gasteiger partial charge in [-0.1, -0.05) is 80.9 Å². The Morgan fingerprint density at radius 1 is 0.744 bits per heavy atom. The quantitative estimate of drug-likeness (QED) is 0.0464. The maximum absolute atomic E-state index is 14.5. The van der Waals surface area contributed by atoms with Gasteiger partial charge in [-0.2, -0.15) is 0 Å². The molecule has 2 aliphatic heterocycles. The summed E-state index contributed by atoms with van der Waals surface area (Å²) in [6.07, 6.45) is 2.37. The summed E-state index contributed by atoms with van der Waals surface area (Å²) in [5.41, 5.74) is 5.62. The van der Waals surface area contributed by atoms with Crippen LogP contribution in [-0.4, -0.2) is 224 Å². The number of Topliss-reactive ketones (excluding diaryl/α,β-unsaturated/α-hetero) is 2. The Balaban J connectivity index is 1.64. The van der Waals surface area contributed by atoms with Crippen LogP contribution in [-0.2, 0) is 83.3 Å². The zero-order chi connectivity index (χ0) is 67.6. The molecule has 508 valence electrons. The summed E-state index contributed by atoms with van der Waals surface area (Å²) in [5.74, 6) is -6.04. The monoisotopic (exact) mass is 1290 g/mol. The van der Waals surface area contributed by atoms with Crippen molar-refractivity contribution >= 4 is 69.0 Å². The molecule has 2 heterocycles. The van der Waals surface area contributed by atoms with Gasteiger partial charge in [-0.25, -0.2) is 17.9 Å². The second-order valence-electron chi connectivity index (χ2n) is 24.6. The van der Waals surface area contributed by atoms with E-state index in [1.54, 1.807) is 30.7 Å². The molecule has 0 aromatic heterocycles. The maximum atomic E-state index is 14.5. The lowest BCUT2D eigenvalue weighted by atomic mass is 9.83. The summed E-state index contributed by atoms with van der Waals surface area (Å²) in [4.78, 5) is 138. The van der Waals surface area contributed by atoms with Crippen LogP contribution in [0.2, 0.25) is 0 Å². The molecule has 0 radical (unpaired) electrons. The second-order valence-corrected chi connectivity index (χ2v) is 26.2. The molecule has 26 nitrogen and oxygen atoms in total. The zero-order valence-electron chi connectivity index (χ0n) is 55.4.